The predicted octanol–water partition coefficient (Wildman–Crippen LogP) is -0.481. The molecule has 1 heterocycles. The van der Waals surface area contributed by atoms with Crippen molar-refractivity contribution in [1.82, 2.24) is 0 Å². The number of carbonyl (C=O) groups is 3. The highest BCUT2D eigenvalue weighted by Crippen LogP contribution is 2.27. The summed E-state index contributed by atoms with van der Waals surface area (Å²) < 4.78 is 20.1. The van der Waals surface area contributed by atoms with Gasteiger partial charge < -0.3 is 24.1 Å². The molecule has 5 atom stereocenters. The molecule has 1 rings (SSSR count). The molecule has 0 aliphatic carbocycles. The van der Waals surface area contributed by atoms with E-state index in [-0.39, 0.29) is 0 Å². The third kappa shape index (κ3) is 4.17. The molecular formula is C12H18O8. The zero-order chi connectivity index (χ0) is 15.4. The van der Waals surface area contributed by atoms with E-state index in [9.17, 15) is 19.5 Å². The Morgan fingerprint density at radius 1 is 0.850 bits per heavy atom. The molecule has 20 heavy (non-hydrogen) atoms. The average molecular weight is 290 g/mol. The first-order chi connectivity index (χ1) is 9.22. The molecule has 1 saturated heterocycles. The molecule has 114 valence electrons. The fourth-order valence-corrected chi connectivity index (χ4v) is 1.99. The van der Waals surface area contributed by atoms with Crippen LogP contribution in [0, 0.1) is 0 Å². The quantitative estimate of drug-likeness (QED) is 0.548. The summed E-state index contributed by atoms with van der Waals surface area (Å²) in [4.78, 5) is 33.3. The van der Waals surface area contributed by atoms with Crippen LogP contribution < -0.4 is 0 Å². The van der Waals surface area contributed by atoms with Crippen molar-refractivity contribution < 1.29 is 38.4 Å². The fraction of sp³-hybridized carbons (Fsp3) is 0.750. The van der Waals surface area contributed by atoms with Crippen molar-refractivity contribution in [3.8, 4) is 0 Å². The molecular weight excluding hydrogens is 272 g/mol. The van der Waals surface area contributed by atoms with Crippen LogP contribution in [0.25, 0.3) is 0 Å². The standard InChI is InChI=1S/C12H18O8/c1-5-9(18-6(2)13)10(19-7(3)14)11(12(16)17-5)20-8(4)15/h5,9-12,16H,1-4H3/t5?,9-,10-,11?,12?/m1/s1. The van der Waals surface area contributed by atoms with E-state index >= 15 is 0 Å². The molecule has 0 aromatic rings. The summed E-state index contributed by atoms with van der Waals surface area (Å²) in [7, 11) is 0. The fourth-order valence-electron chi connectivity index (χ4n) is 1.99. The third-order valence-corrected chi connectivity index (χ3v) is 2.65. The Morgan fingerprint density at radius 3 is 1.70 bits per heavy atom. The van der Waals surface area contributed by atoms with Gasteiger partial charge >= 0.3 is 17.9 Å². The second-order valence-electron chi connectivity index (χ2n) is 4.45. The van der Waals surface area contributed by atoms with Gasteiger partial charge in [-0.3, -0.25) is 14.4 Å². The summed E-state index contributed by atoms with van der Waals surface area (Å²) in [5.41, 5.74) is 0. The van der Waals surface area contributed by atoms with Crippen molar-refractivity contribution in [1.29, 1.82) is 0 Å². The Hall–Kier alpha value is -1.67. The summed E-state index contributed by atoms with van der Waals surface area (Å²) >= 11 is 0. The zero-order valence-corrected chi connectivity index (χ0v) is 11.7. The lowest BCUT2D eigenvalue weighted by Gasteiger charge is -2.41. The van der Waals surface area contributed by atoms with Gasteiger partial charge in [0.25, 0.3) is 0 Å². The van der Waals surface area contributed by atoms with Gasteiger partial charge in [-0.05, 0) is 6.92 Å². The van der Waals surface area contributed by atoms with Crippen LogP contribution in [0.3, 0.4) is 0 Å². The van der Waals surface area contributed by atoms with Crippen LogP contribution in [0.5, 0.6) is 0 Å². The Balaban J connectivity index is 3.01. The molecule has 0 aromatic carbocycles. The molecule has 0 saturated carbocycles. The lowest BCUT2D eigenvalue weighted by Crippen LogP contribution is -2.60. The number of esters is 3. The van der Waals surface area contributed by atoms with Crippen molar-refractivity contribution in [3.05, 3.63) is 0 Å². The molecule has 0 radical (unpaired) electrons. The SMILES string of the molecule is CC(=O)OC1C(O)OC(C)[C@@H](OC(C)=O)[C@H]1OC(C)=O. The number of carbonyl (C=O) groups excluding carboxylic acids is 3. The largest absolute Gasteiger partial charge is 0.456 e. The van der Waals surface area contributed by atoms with Gasteiger partial charge in [-0.1, -0.05) is 0 Å². The highest BCUT2D eigenvalue weighted by molar-refractivity contribution is 5.68. The third-order valence-electron chi connectivity index (χ3n) is 2.65. The van der Waals surface area contributed by atoms with Crippen LogP contribution in [-0.2, 0) is 33.3 Å². The monoisotopic (exact) mass is 290 g/mol. The van der Waals surface area contributed by atoms with E-state index in [0.717, 1.165) is 13.8 Å². The normalized spacial score (nSPS) is 33.1. The molecule has 1 fully saturated rings. The molecule has 0 spiro atoms. The smallest absolute Gasteiger partial charge is 0.303 e. The van der Waals surface area contributed by atoms with Gasteiger partial charge in [0.1, 0.15) is 0 Å². The maximum Gasteiger partial charge on any atom is 0.303 e. The first kappa shape index (κ1) is 16.4. The molecule has 1 N–H and O–H groups in total. The molecule has 0 bridgehead atoms. The van der Waals surface area contributed by atoms with Crippen LogP contribution >= 0.6 is 0 Å². The van der Waals surface area contributed by atoms with Gasteiger partial charge in [-0.15, -0.1) is 0 Å². The number of rotatable bonds is 3. The number of ether oxygens (including phenoxy) is 4. The van der Waals surface area contributed by atoms with Crippen molar-refractivity contribution in [2.75, 3.05) is 0 Å². The van der Waals surface area contributed by atoms with Gasteiger partial charge in [-0.2, -0.15) is 0 Å². The second kappa shape index (κ2) is 6.67. The van der Waals surface area contributed by atoms with Crippen LogP contribution in [0.2, 0.25) is 0 Å². The highest BCUT2D eigenvalue weighted by atomic mass is 16.7. The Morgan fingerprint density at radius 2 is 1.25 bits per heavy atom. The van der Waals surface area contributed by atoms with Crippen molar-refractivity contribution >= 4 is 17.9 Å². The Bertz CT molecular complexity index is 365. The lowest BCUT2D eigenvalue weighted by atomic mass is 9.99. The first-order valence-electron chi connectivity index (χ1n) is 6.07. The van der Waals surface area contributed by atoms with Crippen molar-refractivity contribution in [3.63, 3.8) is 0 Å². The molecule has 3 unspecified atom stereocenters. The maximum atomic E-state index is 11.2. The molecule has 0 aromatic heterocycles. The Kier molecular flexibility index (Phi) is 5.46. The topological polar surface area (TPSA) is 108 Å². The summed E-state index contributed by atoms with van der Waals surface area (Å²) in [5, 5.41) is 9.79. The van der Waals surface area contributed by atoms with Crippen LogP contribution in [0.4, 0.5) is 0 Å². The summed E-state index contributed by atoms with van der Waals surface area (Å²) in [5.74, 6) is -1.96. The van der Waals surface area contributed by atoms with E-state index in [1.807, 2.05) is 0 Å². The van der Waals surface area contributed by atoms with Gasteiger partial charge in [0.2, 0.25) is 0 Å². The van der Waals surface area contributed by atoms with E-state index < -0.39 is 48.6 Å². The minimum Gasteiger partial charge on any atom is -0.456 e. The van der Waals surface area contributed by atoms with Crippen molar-refractivity contribution in [2.45, 2.75) is 58.4 Å². The predicted molar refractivity (Wildman–Crippen MR) is 63.2 cm³/mol. The Labute approximate surface area is 115 Å². The number of aliphatic hydroxyl groups is 1. The number of aliphatic hydroxyl groups excluding tert-OH is 1. The highest BCUT2D eigenvalue weighted by Gasteiger charge is 2.49. The number of hydrogen-bond acceptors (Lipinski definition) is 8. The summed E-state index contributed by atoms with van der Waals surface area (Å²) in [6.07, 6.45) is -5.60. The molecule has 1 aliphatic rings. The van der Waals surface area contributed by atoms with Gasteiger partial charge in [0, 0.05) is 20.8 Å². The van der Waals surface area contributed by atoms with Gasteiger partial charge in [0.05, 0.1) is 6.10 Å². The van der Waals surface area contributed by atoms with E-state index in [0.29, 0.717) is 0 Å². The van der Waals surface area contributed by atoms with E-state index in [1.165, 1.54) is 13.8 Å². The molecule has 0 amide bonds. The van der Waals surface area contributed by atoms with E-state index in [1.54, 1.807) is 0 Å². The zero-order valence-electron chi connectivity index (χ0n) is 11.7. The minimum atomic E-state index is -1.48. The molecule has 8 heteroatoms. The van der Waals surface area contributed by atoms with Crippen molar-refractivity contribution in [2.24, 2.45) is 0 Å². The molecule has 1 aliphatic heterocycles. The van der Waals surface area contributed by atoms with Gasteiger partial charge in [0.15, 0.2) is 24.6 Å². The van der Waals surface area contributed by atoms with Crippen LogP contribution in [0.15, 0.2) is 0 Å². The van der Waals surface area contributed by atoms with Crippen LogP contribution in [0.1, 0.15) is 27.7 Å². The second-order valence-corrected chi connectivity index (χ2v) is 4.45. The van der Waals surface area contributed by atoms with E-state index in [2.05, 4.69) is 0 Å². The molecule has 8 nitrogen and oxygen atoms in total. The lowest BCUT2D eigenvalue weighted by molar-refractivity contribution is -0.288. The van der Waals surface area contributed by atoms with Crippen LogP contribution in [-0.4, -0.2) is 53.7 Å². The maximum absolute atomic E-state index is 11.2. The summed E-state index contributed by atoms with van der Waals surface area (Å²) in [6, 6.07) is 0. The summed E-state index contributed by atoms with van der Waals surface area (Å²) in [6.45, 7) is 5.01. The van der Waals surface area contributed by atoms with E-state index in [4.69, 9.17) is 18.9 Å². The average Bonchev–Trinajstić information content (AvgIpc) is 2.27. The minimum absolute atomic E-state index is 0.611. The van der Waals surface area contributed by atoms with Gasteiger partial charge in [-0.25, -0.2) is 0 Å². The number of hydrogen-bond donors (Lipinski definition) is 1. The first-order valence-corrected chi connectivity index (χ1v) is 6.07.